The molecule has 0 bridgehead atoms. The molecule has 14 heavy (non-hydrogen) atoms. The van der Waals surface area contributed by atoms with E-state index in [1.165, 1.54) is 6.07 Å². The average molecular weight is 260 g/mol. The zero-order chi connectivity index (χ0) is 10.8. The lowest BCUT2D eigenvalue weighted by atomic mass is 10.5. The number of rotatable bonds is 3. The van der Waals surface area contributed by atoms with Crippen molar-refractivity contribution >= 4 is 31.5 Å². The predicted molar refractivity (Wildman–Crippen MR) is 49.1 cm³/mol. The number of alkyl halides is 2. The van der Waals surface area contributed by atoms with Crippen LogP contribution in [0.5, 0.6) is 0 Å². The van der Waals surface area contributed by atoms with E-state index in [9.17, 15) is 17.2 Å². The molecule has 0 saturated carbocycles. The average Bonchev–Trinajstić information content (AvgIpc) is 2.02. The fourth-order valence-electron chi connectivity index (χ4n) is 0.672. The second-order valence-electron chi connectivity index (χ2n) is 2.15. The molecule has 1 rings (SSSR count). The number of pyridine rings is 1. The molecular weight excluding hydrogens is 256 g/mol. The van der Waals surface area contributed by atoms with Crippen molar-refractivity contribution in [1.82, 2.24) is 4.98 Å². The van der Waals surface area contributed by atoms with Gasteiger partial charge in [0.15, 0.2) is 0 Å². The van der Waals surface area contributed by atoms with E-state index in [4.69, 9.17) is 10.7 Å². The van der Waals surface area contributed by atoms with Gasteiger partial charge in [0.05, 0.1) is 0 Å². The van der Waals surface area contributed by atoms with Crippen molar-refractivity contribution in [2.45, 2.75) is 15.7 Å². The van der Waals surface area contributed by atoms with Gasteiger partial charge >= 0.3 is 0 Å². The quantitative estimate of drug-likeness (QED) is 0.617. The van der Waals surface area contributed by atoms with Crippen LogP contribution in [0.2, 0.25) is 0 Å². The number of hydrogen-bond donors (Lipinski definition) is 0. The SMILES string of the molecule is O=S(=O)(Cl)c1ccc(SC(F)F)nc1. The third-order valence-corrected chi connectivity index (χ3v) is 3.20. The summed E-state index contributed by atoms with van der Waals surface area (Å²) in [5, 5.41) is 0.0454. The number of nitrogens with zero attached hydrogens (tertiary/aromatic N) is 1. The third-order valence-electron chi connectivity index (χ3n) is 1.20. The molecule has 0 saturated heterocycles. The summed E-state index contributed by atoms with van der Waals surface area (Å²) in [6, 6.07) is 2.30. The fourth-order valence-corrected chi connectivity index (χ4v) is 1.80. The molecule has 0 aliphatic heterocycles. The van der Waals surface area contributed by atoms with Gasteiger partial charge in [0.2, 0.25) is 0 Å². The van der Waals surface area contributed by atoms with E-state index in [0.29, 0.717) is 0 Å². The number of hydrogen-bond acceptors (Lipinski definition) is 4. The zero-order valence-corrected chi connectivity index (χ0v) is 8.91. The molecule has 1 heterocycles. The minimum atomic E-state index is -3.84. The van der Waals surface area contributed by atoms with E-state index in [1.54, 1.807) is 0 Å². The van der Waals surface area contributed by atoms with E-state index in [1.807, 2.05) is 0 Å². The lowest BCUT2D eigenvalue weighted by Gasteiger charge is -1.99. The molecule has 0 aliphatic carbocycles. The first kappa shape index (κ1) is 11.7. The van der Waals surface area contributed by atoms with Gasteiger partial charge in [-0.1, -0.05) is 0 Å². The smallest absolute Gasteiger partial charge is 0.248 e. The Labute approximate surface area is 87.9 Å². The van der Waals surface area contributed by atoms with E-state index in [-0.39, 0.29) is 21.7 Å². The summed E-state index contributed by atoms with van der Waals surface area (Å²) in [6.45, 7) is 0. The van der Waals surface area contributed by atoms with E-state index in [2.05, 4.69) is 4.98 Å². The molecule has 3 nitrogen and oxygen atoms in total. The molecule has 0 spiro atoms. The van der Waals surface area contributed by atoms with E-state index >= 15 is 0 Å². The molecule has 0 N–H and O–H groups in total. The van der Waals surface area contributed by atoms with Crippen LogP contribution >= 0.6 is 22.4 Å². The van der Waals surface area contributed by atoms with Crippen molar-refractivity contribution in [1.29, 1.82) is 0 Å². The molecule has 0 radical (unpaired) electrons. The fraction of sp³-hybridized carbons (Fsp3) is 0.167. The Morgan fingerprint density at radius 3 is 2.43 bits per heavy atom. The highest BCUT2D eigenvalue weighted by Crippen LogP contribution is 2.24. The van der Waals surface area contributed by atoms with Gasteiger partial charge in [-0.3, -0.25) is 0 Å². The highest BCUT2D eigenvalue weighted by atomic mass is 35.7. The lowest BCUT2D eigenvalue weighted by Crippen LogP contribution is -1.92. The third kappa shape index (κ3) is 3.39. The molecule has 0 aliphatic rings. The molecule has 1 aromatic rings. The first-order valence-electron chi connectivity index (χ1n) is 3.25. The second kappa shape index (κ2) is 4.41. The summed E-state index contributed by atoms with van der Waals surface area (Å²) in [5.74, 6) is -2.58. The van der Waals surface area contributed by atoms with Gasteiger partial charge in [-0.15, -0.1) is 0 Å². The highest BCUT2D eigenvalue weighted by molar-refractivity contribution is 8.13. The number of thioether (sulfide) groups is 1. The van der Waals surface area contributed by atoms with Crippen LogP contribution in [0.4, 0.5) is 8.78 Å². The van der Waals surface area contributed by atoms with Crippen LogP contribution in [0.3, 0.4) is 0 Å². The molecular formula is C6H4ClF2NO2S2. The normalized spacial score (nSPS) is 12.0. The van der Waals surface area contributed by atoms with Gasteiger partial charge in [-0.05, 0) is 23.9 Å². The number of halogens is 3. The van der Waals surface area contributed by atoms with Crippen LogP contribution < -0.4 is 0 Å². The largest absolute Gasteiger partial charge is 0.290 e. The lowest BCUT2D eigenvalue weighted by molar-refractivity contribution is 0.252. The monoisotopic (exact) mass is 259 g/mol. The maximum Gasteiger partial charge on any atom is 0.290 e. The zero-order valence-electron chi connectivity index (χ0n) is 6.52. The Hall–Kier alpha value is -0.400. The summed E-state index contributed by atoms with van der Waals surface area (Å²) < 4.78 is 45.1. The van der Waals surface area contributed by atoms with Crippen LogP contribution in [0.15, 0.2) is 28.3 Å². The Bertz CT molecular complexity index is 406. The van der Waals surface area contributed by atoms with Gasteiger partial charge in [0.25, 0.3) is 14.8 Å². The predicted octanol–water partition coefficient (Wildman–Crippen LogP) is 2.32. The Morgan fingerprint density at radius 2 is 2.07 bits per heavy atom. The topological polar surface area (TPSA) is 47.0 Å². The van der Waals surface area contributed by atoms with Gasteiger partial charge < -0.3 is 0 Å². The molecule has 0 atom stereocenters. The summed E-state index contributed by atoms with van der Waals surface area (Å²) in [4.78, 5) is 3.29. The molecule has 0 fully saturated rings. The van der Waals surface area contributed by atoms with Crippen molar-refractivity contribution in [3.63, 3.8) is 0 Å². The highest BCUT2D eigenvalue weighted by Gasteiger charge is 2.11. The first-order valence-corrected chi connectivity index (χ1v) is 6.44. The summed E-state index contributed by atoms with van der Waals surface area (Å²) in [7, 11) is 1.16. The maximum atomic E-state index is 11.8. The van der Waals surface area contributed by atoms with Crippen LogP contribution in [0.25, 0.3) is 0 Å². The second-order valence-corrected chi connectivity index (χ2v) is 5.72. The van der Waals surface area contributed by atoms with Crippen molar-refractivity contribution in [3.8, 4) is 0 Å². The molecule has 0 aromatic carbocycles. The van der Waals surface area contributed by atoms with E-state index in [0.717, 1.165) is 12.3 Å². The first-order chi connectivity index (χ1) is 6.39. The number of aromatic nitrogens is 1. The summed E-state index contributed by atoms with van der Waals surface area (Å²) >= 11 is 0.235. The van der Waals surface area contributed by atoms with Crippen molar-refractivity contribution in [2.75, 3.05) is 0 Å². The molecule has 0 amide bonds. The van der Waals surface area contributed by atoms with Crippen molar-refractivity contribution in [3.05, 3.63) is 18.3 Å². The Balaban J connectivity index is 2.90. The Morgan fingerprint density at radius 1 is 1.43 bits per heavy atom. The molecule has 1 aromatic heterocycles. The van der Waals surface area contributed by atoms with Crippen LogP contribution in [0.1, 0.15) is 0 Å². The van der Waals surface area contributed by atoms with Crippen LogP contribution in [-0.2, 0) is 9.05 Å². The van der Waals surface area contributed by atoms with Gasteiger partial charge in [0.1, 0.15) is 9.92 Å². The maximum absolute atomic E-state index is 11.8. The molecule has 8 heteroatoms. The summed E-state index contributed by atoms with van der Waals surface area (Å²) in [5.41, 5.74) is 0. The standard InChI is InChI=1S/C6H4ClF2NO2S2/c7-14(11,12)4-1-2-5(10-3-4)13-6(8)9/h1-3,6H. The van der Waals surface area contributed by atoms with Gasteiger partial charge in [-0.25, -0.2) is 13.4 Å². The van der Waals surface area contributed by atoms with Gasteiger partial charge in [0, 0.05) is 16.9 Å². The molecule has 0 unspecified atom stereocenters. The molecule has 78 valence electrons. The Kier molecular flexibility index (Phi) is 3.68. The minimum Gasteiger partial charge on any atom is -0.248 e. The van der Waals surface area contributed by atoms with Crippen LogP contribution in [-0.4, -0.2) is 19.2 Å². The van der Waals surface area contributed by atoms with Crippen LogP contribution in [0, 0.1) is 0 Å². The van der Waals surface area contributed by atoms with E-state index < -0.39 is 14.8 Å². The minimum absolute atomic E-state index is 0.0454. The van der Waals surface area contributed by atoms with Crippen molar-refractivity contribution in [2.24, 2.45) is 0 Å². The van der Waals surface area contributed by atoms with Crippen molar-refractivity contribution < 1.29 is 17.2 Å². The van der Waals surface area contributed by atoms with Gasteiger partial charge in [-0.2, -0.15) is 8.78 Å². The summed E-state index contributed by atoms with van der Waals surface area (Å²) in [6.07, 6.45) is 0.938.